The number of Topliss-reactive ketones (excluding diaryl/α,β-unsaturated/α-hetero) is 1. The van der Waals surface area contributed by atoms with E-state index in [0.29, 0.717) is 10.9 Å². The van der Waals surface area contributed by atoms with Crippen LogP contribution in [0.3, 0.4) is 0 Å². The Hall–Kier alpha value is -0.640. The zero-order valence-corrected chi connectivity index (χ0v) is 11.8. The van der Waals surface area contributed by atoms with Gasteiger partial charge in [0.05, 0.1) is 10.4 Å². The molecule has 3 nitrogen and oxygen atoms in total. The van der Waals surface area contributed by atoms with Gasteiger partial charge < -0.3 is 4.90 Å². The van der Waals surface area contributed by atoms with E-state index < -0.39 is 0 Å². The van der Waals surface area contributed by atoms with Crippen LogP contribution in [-0.4, -0.2) is 30.2 Å². The van der Waals surface area contributed by atoms with Crippen LogP contribution < -0.4 is 0 Å². The van der Waals surface area contributed by atoms with Crippen LogP contribution in [0.25, 0.3) is 0 Å². The molecule has 1 aliphatic heterocycles. The molecule has 17 heavy (non-hydrogen) atoms. The van der Waals surface area contributed by atoms with Gasteiger partial charge in [0.15, 0.2) is 5.78 Å². The first-order chi connectivity index (χ1) is 8.11. The minimum atomic E-state index is -0.0684. The summed E-state index contributed by atoms with van der Waals surface area (Å²) in [7, 11) is 1.86. The second-order valence-electron chi connectivity index (χ2n) is 4.92. The Bertz CT molecular complexity index is 376. The summed E-state index contributed by atoms with van der Waals surface area (Å²) in [5.41, 5.74) is 1.04. The van der Waals surface area contributed by atoms with E-state index in [1.165, 1.54) is 0 Å². The molecule has 1 fully saturated rings. The number of carbonyl (C=O) groups excluding carboxylic acids is 2. The molecule has 94 valence electrons. The number of amides is 1. The van der Waals surface area contributed by atoms with Crippen LogP contribution in [0.2, 0.25) is 0 Å². The summed E-state index contributed by atoms with van der Waals surface area (Å²) in [5.74, 6) is 0.274. The first-order valence-corrected chi connectivity index (χ1v) is 7.07. The van der Waals surface area contributed by atoms with Crippen molar-refractivity contribution < 1.29 is 9.59 Å². The van der Waals surface area contributed by atoms with E-state index in [1.54, 1.807) is 0 Å². The van der Waals surface area contributed by atoms with Gasteiger partial charge in [0.1, 0.15) is 0 Å². The van der Waals surface area contributed by atoms with Gasteiger partial charge in [0, 0.05) is 20.0 Å². The van der Waals surface area contributed by atoms with Crippen LogP contribution in [0.1, 0.15) is 38.5 Å². The summed E-state index contributed by atoms with van der Waals surface area (Å²) in [6.45, 7) is 0.841. The molecular formula is C13H18BrNO2. The fourth-order valence-corrected chi connectivity index (χ4v) is 3.36. The summed E-state index contributed by atoms with van der Waals surface area (Å²) in [5, 5.41) is 0. The normalized spacial score (nSPS) is 27.4. The third kappa shape index (κ3) is 2.62. The van der Waals surface area contributed by atoms with Crippen molar-refractivity contribution >= 4 is 27.6 Å². The highest BCUT2D eigenvalue weighted by atomic mass is 79.9. The SMILES string of the molecule is CN1CCCCC(C2=C(Br)C(=O)CCC2)C1=O. The Morgan fingerprint density at radius 2 is 1.94 bits per heavy atom. The molecule has 1 aliphatic carbocycles. The molecule has 0 N–H and O–H groups in total. The summed E-state index contributed by atoms with van der Waals surface area (Å²) >= 11 is 3.39. The Labute approximate surface area is 110 Å². The monoisotopic (exact) mass is 299 g/mol. The average Bonchev–Trinajstić information content (AvgIpc) is 2.47. The third-order valence-corrected chi connectivity index (χ3v) is 4.66. The van der Waals surface area contributed by atoms with Gasteiger partial charge in [-0.05, 0) is 47.2 Å². The molecule has 1 amide bonds. The molecule has 0 radical (unpaired) electrons. The highest BCUT2D eigenvalue weighted by Gasteiger charge is 2.32. The van der Waals surface area contributed by atoms with Gasteiger partial charge in [-0.25, -0.2) is 0 Å². The average molecular weight is 300 g/mol. The zero-order chi connectivity index (χ0) is 12.4. The Balaban J connectivity index is 2.28. The number of carbonyl (C=O) groups is 2. The predicted octanol–water partition coefficient (Wildman–Crippen LogP) is 2.65. The molecule has 1 heterocycles. The van der Waals surface area contributed by atoms with Crippen molar-refractivity contribution in [3.8, 4) is 0 Å². The predicted molar refractivity (Wildman–Crippen MR) is 69.8 cm³/mol. The summed E-state index contributed by atoms with van der Waals surface area (Å²) in [6.07, 6.45) is 5.41. The Morgan fingerprint density at radius 3 is 2.71 bits per heavy atom. The summed E-state index contributed by atoms with van der Waals surface area (Å²) in [4.78, 5) is 25.8. The highest BCUT2D eigenvalue weighted by molar-refractivity contribution is 9.12. The molecule has 0 aromatic rings. The number of halogens is 1. The molecule has 0 aromatic heterocycles. The maximum Gasteiger partial charge on any atom is 0.229 e. The van der Waals surface area contributed by atoms with Crippen molar-refractivity contribution in [2.24, 2.45) is 5.92 Å². The Morgan fingerprint density at radius 1 is 1.18 bits per heavy atom. The van der Waals surface area contributed by atoms with Gasteiger partial charge >= 0.3 is 0 Å². The number of ketones is 1. The van der Waals surface area contributed by atoms with Crippen molar-refractivity contribution in [1.82, 2.24) is 4.90 Å². The van der Waals surface area contributed by atoms with E-state index in [4.69, 9.17) is 0 Å². The molecule has 4 heteroatoms. The van der Waals surface area contributed by atoms with Crippen LogP contribution in [0.15, 0.2) is 10.1 Å². The number of hydrogen-bond donors (Lipinski definition) is 0. The smallest absolute Gasteiger partial charge is 0.229 e. The summed E-state index contributed by atoms with van der Waals surface area (Å²) < 4.78 is 0.678. The minimum absolute atomic E-state index is 0.0684. The van der Waals surface area contributed by atoms with Gasteiger partial charge in [0.25, 0.3) is 0 Å². The van der Waals surface area contributed by atoms with Crippen LogP contribution in [-0.2, 0) is 9.59 Å². The third-order valence-electron chi connectivity index (χ3n) is 3.71. The van der Waals surface area contributed by atoms with Crippen molar-refractivity contribution in [2.75, 3.05) is 13.6 Å². The lowest BCUT2D eigenvalue weighted by Crippen LogP contribution is -2.33. The number of allylic oxidation sites excluding steroid dienone is 1. The highest BCUT2D eigenvalue weighted by Crippen LogP contribution is 2.35. The van der Waals surface area contributed by atoms with E-state index >= 15 is 0 Å². The molecule has 0 aromatic carbocycles. The lowest BCUT2D eigenvalue weighted by atomic mass is 9.85. The Kier molecular flexibility index (Phi) is 4.02. The van der Waals surface area contributed by atoms with Crippen LogP contribution in [0.5, 0.6) is 0 Å². The molecule has 1 saturated heterocycles. The first-order valence-electron chi connectivity index (χ1n) is 6.28. The molecule has 1 atom stereocenters. The van der Waals surface area contributed by atoms with Crippen LogP contribution in [0, 0.1) is 5.92 Å². The quantitative estimate of drug-likeness (QED) is 0.746. The van der Waals surface area contributed by atoms with E-state index in [-0.39, 0.29) is 17.6 Å². The second kappa shape index (κ2) is 5.34. The lowest BCUT2D eigenvalue weighted by molar-refractivity contribution is -0.132. The summed E-state index contributed by atoms with van der Waals surface area (Å²) in [6, 6.07) is 0. The van der Waals surface area contributed by atoms with Crippen molar-refractivity contribution in [1.29, 1.82) is 0 Å². The molecule has 1 unspecified atom stereocenters. The molecule has 0 spiro atoms. The molecule has 0 saturated carbocycles. The van der Waals surface area contributed by atoms with E-state index in [1.807, 2.05) is 11.9 Å². The van der Waals surface area contributed by atoms with Crippen molar-refractivity contribution in [3.05, 3.63) is 10.1 Å². The molecule has 2 rings (SSSR count). The topological polar surface area (TPSA) is 37.4 Å². The number of rotatable bonds is 1. The van der Waals surface area contributed by atoms with Gasteiger partial charge in [-0.2, -0.15) is 0 Å². The molecular weight excluding hydrogens is 282 g/mol. The van der Waals surface area contributed by atoms with Crippen molar-refractivity contribution in [2.45, 2.75) is 38.5 Å². The fraction of sp³-hybridized carbons (Fsp3) is 0.692. The standard InChI is InChI=1S/C13H18BrNO2/c1-15-8-3-2-5-10(13(15)17)9-6-4-7-11(16)12(9)14/h10H,2-8H2,1H3. The van der Waals surface area contributed by atoms with Gasteiger partial charge in [-0.1, -0.05) is 6.42 Å². The second-order valence-corrected chi connectivity index (χ2v) is 5.72. The maximum atomic E-state index is 12.3. The maximum absolute atomic E-state index is 12.3. The largest absolute Gasteiger partial charge is 0.345 e. The van der Waals surface area contributed by atoms with Gasteiger partial charge in [-0.3, -0.25) is 9.59 Å². The van der Waals surface area contributed by atoms with E-state index in [0.717, 1.165) is 44.2 Å². The lowest BCUT2D eigenvalue weighted by Gasteiger charge is -2.25. The fourth-order valence-electron chi connectivity index (χ4n) is 2.69. The van der Waals surface area contributed by atoms with Gasteiger partial charge in [0.2, 0.25) is 5.91 Å². The minimum Gasteiger partial charge on any atom is -0.345 e. The van der Waals surface area contributed by atoms with Crippen LogP contribution in [0.4, 0.5) is 0 Å². The van der Waals surface area contributed by atoms with Crippen LogP contribution >= 0.6 is 15.9 Å². The molecule has 2 aliphatic rings. The number of hydrogen-bond acceptors (Lipinski definition) is 2. The van der Waals surface area contributed by atoms with E-state index in [2.05, 4.69) is 15.9 Å². The van der Waals surface area contributed by atoms with Gasteiger partial charge in [-0.15, -0.1) is 0 Å². The first kappa shape index (κ1) is 12.8. The number of nitrogens with zero attached hydrogens (tertiary/aromatic N) is 1. The van der Waals surface area contributed by atoms with E-state index in [9.17, 15) is 9.59 Å². The zero-order valence-electron chi connectivity index (χ0n) is 10.2. The van der Waals surface area contributed by atoms with Crippen molar-refractivity contribution in [3.63, 3.8) is 0 Å². The number of likely N-dealkylation sites (tertiary alicyclic amines) is 1. The molecule has 0 bridgehead atoms.